The van der Waals surface area contributed by atoms with Gasteiger partial charge >= 0.3 is 0 Å². The summed E-state index contributed by atoms with van der Waals surface area (Å²) in [6.45, 7) is -2.12. The summed E-state index contributed by atoms with van der Waals surface area (Å²) in [6.07, 6.45) is 3.89. The summed E-state index contributed by atoms with van der Waals surface area (Å²) in [4.78, 5) is 0. The Morgan fingerprint density at radius 3 is 1.75 bits per heavy atom. The minimum Gasteiger partial charge on any atom is -0.272 e. The first kappa shape index (κ1) is 13.4. The fraction of sp³-hybridized carbons (Fsp3) is 0.0625. The number of benzene rings is 2. The van der Waals surface area contributed by atoms with E-state index in [1.807, 2.05) is 55.8 Å². The molecule has 0 aliphatic heterocycles. The first-order valence-electron chi connectivity index (χ1n) is 6.40. The van der Waals surface area contributed by atoms with Crippen LogP contribution in [0, 0.1) is 0 Å². The van der Waals surface area contributed by atoms with Crippen LogP contribution in [0.25, 0.3) is 0 Å². The maximum atomic E-state index is 7.19. The fourth-order valence-corrected chi connectivity index (χ4v) is 5.82. The molecule has 1 heterocycles. The van der Waals surface area contributed by atoms with Crippen LogP contribution in [0.2, 0.25) is 0 Å². The van der Waals surface area contributed by atoms with Gasteiger partial charge in [-0.3, -0.25) is 4.68 Å². The Balaban J connectivity index is 2.23. The Hall–Kier alpha value is -1.63. The quantitative estimate of drug-likeness (QED) is 0.680. The molecule has 0 saturated heterocycles. The molecule has 20 heavy (non-hydrogen) atoms. The van der Waals surface area contributed by atoms with Gasteiger partial charge in [-0.05, 0) is 24.3 Å². The van der Waals surface area contributed by atoms with Crippen molar-refractivity contribution in [3.63, 3.8) is 0 Å². The zero-order chi connectivity index (χ0) is 14.0. The van der Waals surface area contributed by atoms with Crippen LogP contribution in [-0.4, -0.2) is 9.78 Å². The Labute approximate surface area is 124 Å². The van der Waals surface area contributed by atoms with E-state index in [-0.39, 0.29) is 0 Å². The average molecular weight is 302 g/mol. The maximum absolute atomic E-state index is 7.19. The third kappa shape index (κ3) is 2.26. The number of halogens is 1. The summed E-state index contributed by atoms with van der Waals surface area (Å²) in [6, 6.07) is 20.6. The van der Waals surface area contributed by atoms with Crippen molar-refractivity contribution in [2.24, 2.45) is 7.05 Å². The van der Waals surface area contributed by atoms with E-state index in [1.54, 1.807) is 4.68 Å². The lowest BCUT2D eigenvalue weighted by atomic mass is 10.4. The molecule has 100 valence electrons. The summed E-state index contributed by atoms with van der Waals surface area (Å²) in [5.41, 5.74) is 0. The van der Waals surface area contributed by atoms with Gasteiger partial charge in [-0.25, -0.2) is 0 Å². The maximum Gasteiger partial charge on any atom is 0.213 e. The van der Waals surface area contributed by atoms with Crippen LogP contribution in [0.1, 0.15) is 0 Å². The summed E-state index contributed by atoms with van der Waals surface area (Å²) in [5.74, 6) is 0. The van der Waals surface area contributed by atoms with E-state index >= 15 is 0 Å². The molecule has 0 bridgehead atoms. The second-order valence-electron chi connectivity index (χ2n) is 4.63. The van der Waals surface area contributed by atoms with Gasteiger partial charge in [-0.1, -0.05) is 36.4 Å². The van der Waals surface area contributed by atoms with Crippen molar-refractivity contribution in [2.75, 3.05) is 0 Å². The second kappa shape index (κ2) is 5.40. The van der Waals surface area contributed by atoms with Gasteiger partial charge in [0.05, 0.1) is 12.4 Å². The highest BCUT2D eigenvalue weighted by molar-refractivity contribution is 8.14. The first-order chi connectivity index (χ1) is 9.71. The van der Waals surface area contributed by atoms with E-state index in [0.717, 1.165) is 15.9 Å². The zero-order valence-electron chi connectivity index (χ0n) is 11.1. The minimum absolute atomic E-state index is 1.08. The Kier molecular flexibility index (Phi) is 3.60. The second-order valence-corrected chi connectivity index (χ2v) is 8.88. The lowest BCUT2D eigenvalue weighted by Gasteiger charge is -2.16. The Morgan fingerprint density at radius 2 is 1.35 bits per heavy atom. The van der Waals surface area contributed by atoms with Crippen LogP contribution in [0.4, 0.5) is 0 Å². The molecule has 2 aromatic carbocycles. The van der Waals surface area contributed by atoms with Crippen LogP contribution in [0.15, 0.2) is 73.1 Å². The summed E-state index contributed by atoms with van der Waals surface area (Å²) >= 11 is 7.19. The van der Waals surface area contributed by atoms with Gasteiger partial charge in [-0.2, -0.15) is 5.10 Å². The molecular formula is C16H15ClN2P+. The molecular weight excluding hydrogens is 287 g/mol. The standard InChI is InChI=1S/C16H15ClN2P/c1-19-13-16(12-18-19)20(17,14-8-4-2-5-9-14)15-10-6-3-7-11-15/h2-13H,1H3/q+1. The molecule has 0 radical (unpaired) electrons. The van der Waals surface area contributed by atoms with E-state index in [9.17, 15) is 0 Å². The fourth-order valence-electron chi connectivity index (χ4n) is 2.28. The van der Waals surface area contributed by atoms with Crippen molar-refractivity contribution in [3.8, 4) is 0 Å². The summed E-state index contributed by atoms with van der Waals surface area (Å²) < 4.78 is 1.80. The van der Waals surface area contributed by atoms with Crippen LogP contribution < -0.4 is 15.9 Å². The van der Waals surface area contributed by atoms with Crippen LogP contribution in [-0.2, 0) is 7.05 Å². The molecule has 0 aliphatic rings. The van der Waals surface area contributed by atoms with Gasteiger partial charge in [0.25, 0.3) is 0 Å². The SMILES string of the molecule is Cn1cc([P+](Cl)(c2ccccc2)c2ccccc2)cn1. The van der Waals surface area contributed by atoms with Gasteiger partial charge in [0.2, 0.25) is 6.62 Å². The number of aryl methyl sites for hydroxylation is 1. The van der Waals surface area contributed by atoms with Crippen molar-refractivity contribution in [3.05, 3.63) is 73.1 Å². The summed E-state index contributed by atoms with van der Waals surface area (Å²) in [7, 11) is 1.92. The van der Waals surface area contributed by atoms with Crippen LogP contribution >= 0.6 is 17.9 Å². The normalized spacial score (nSPS) is 11.5. The molecule has 1 aromatic heterocycles. The average Bonchev–Trinajstić information content (AvgIpc) is 2.95. The highest BCUT2D eigenvalue weighted by Crippen LogP contribution is 2.60. The topological polar surface area (TPSA) is 17.8 Å². The van der Waals surface area contributed by atoms with Gasteiger partial charge in [0, 0.05) is 7.05 Å². The number of rotatable bonds is 3. The highest BCUT2D eigenvalue weighted by atomic mass is 35.7. The summed E-state index contributed by atoms with van der Waals surface area (Å²) in [5, 5.41) is 7.68. The smallest absolute Gasteiger partial charge is 0.213 e. The van der Waals surface area contributed by atoms with Gasteiger partial charge < -0.3 is 0 Å². The zero-order valence-corrected chi connectivity index (χ0v) is 12.8. The van der Waals surface area contributed by atoms with Crippen molar-refractivity contribution < 1.29 is 0 Å². The third-order valence-corrected chi connectivity index (χ3v) is 7.99. The van der Waals surface area contributed by atoms with E-state index in [1.165, 1.54) is 0 Å². The lowest BCUT2D eigenvalue weighted by Crippen LogP contribution is -2.26. The molecule has 0 unspecified atom stereocenters. The van der Waals surface area contributed by atoms with E-state index in [0.29, 0.717) is 0 Å². The molecule has 0 fully saturated rings. The number of hydrogen-bond donors (Lipinski definition) is 0. The molecule has 0 aliphatic carbocycles. The molecule has 0 atom stereocenters. The minimum atomic E-state index is -2.12. The van der Waals surface area contributed by atoms with Gasteiger partial charge in [0.15, 0.2) is 5.30 Å². The van der Waals surface area contributed by atoms with Crippen molar-refractivity contribution in [2.45, 2.75) is 0 Å². The van der Waals surface area contributed by atoms with Crippen LogP contribution in [0.5, 0.6) is 0 Å². The van der Waals surface area contributed by atoms with E-state index in [4.69, 9.17) is 11.2 Å². The van der Waals surface area contributed by atoms with E-state index < -0.39 is 6.62 Å². The predicted octanol–water partition coefficient (Wildman–Crippen LogP) is 2.87. The lowest BCUT2D eigenvalue weighted by molar-refractivity contribution is 0.768. The van der Waals surface area contributed by atoms with Crippen molar-refractivity contribution in [1.29, 1.82) is 0 Å². The van der Waals surface area contributed by atoms with Gasteiger partial charge in [-0.15, -0.1) is 0 Å². The van der Waals surface area contributed by atoms with Crippen molar-refractivity contribution >= 4 is 33.8 Å². The molecule has 2 nitrogen and oxygen atoms in total. The first-order valence-corrected chi connectivity index (χ1v) is 9.10. The van der Waals surface area contributed by atoms with Crippen molar-refractivity contribution in [1.82, 2.24) is 9.78 Å². The molecule has 3 aromatic rings. The monoisotopic (exact) mass is 301 g/mol. The molecule has 0 saturated carbocycles. The predicted molar refractivity (Wildman–Crippen MR) is 87.8 cm³/mol. The Morgan fingerprint density at radius 1 is 0.850 bits per heavy atom. The number of aromatic nitrogens is 2. The molecule has 0 N–H and O–H groups in total. The number of nitrogens with zero attached hydrogens (tertiary/aromatic N) is 2. The van der Waals surface area contributed by atoms with Crippen LogP contribution in [0.3, 0.4) is 0 Å². The highest BCUT2D eigenvalue weighted by Gasteiger charge is 2.45. The number of hydrogen-bond acceptors (Lipinski definition) is 1. The van der Waals surface area contributed by atoms with E-state index in [2.05, 4.69) is 29.4 Å². The Bertz CT molecular complexity index is 655. The molecule has 0 spiro atoms. The molecule has 0 amide bonds. The molecule has 3 rings (SSSR count). The largest absolute Gasteiger partial charge is 0.272 e. The third-order valence-electron chi connectivity index (χ3n) is 3.27. The molecule has 4 heteroatoms. The van der Waals surface area contributed by atoms with Gasteiger partial charge in [0.1, 0.15) is 21.8 Å².